The van der Waals surface area contributed by atoms with Gasteiger partial charge in [-0.3, -0.25) is 4.79 Å². The van der Waals surface area contributed by atoms with Gasteiger partial charge in [-0.2, -0.15) is 0 Å². The summed E-state index contributed by atoms with van der Waals surface area (Å²) in [4.78, 5) is 14.8. The van der Waals surface area contributed by atoms with Crippen LogP contribution in [0.15, 0.2) is 95.5 Å². The van der Waals surface area contributed by atoms with E-state index in [1.165, 1.54) is 15.6 Å². The molecule has 2 heterocycles. The normalized spacial score (nSPS) is 20.5. The number of hydrogen-bond donors (Lipinski definition) is 2. The highest BCUT2D eigenvalue weighted by Gasteiger charge is 2.36. The Balaban J connectivity index is 1.50. The molecule has 0 unspecified atom stereocenters. The van der Waals surface area contributed by atoms with E-state index in [-0.39, 0.29) is 17.7 Å². The third-order valence-electron chi connectivity index (χ3n) is 6.36. The van der Waals surface area contributed by atoms with Crippen LogP contribution in [0.4, 0.5) is 11.4 Å². The van der Waals surface area contributed by atoms with Gasteiger partial charge in [-0.15, -0.1) is 11.3 Å². The van der Waals surface area contributed by atoms with Crippen molar-refractivity contribution in [3.63, 3.8) is 0 Å². The Labute approximate surface area is 185 Å². The fourth-order valence-electron chi connectivity index (χ4n) is 4.85. The van der Waals surface area contributed by atoms with E-state index in [0.717, 1.165) is 34.6 Å². The van der Waals surface area contributed by atoms with Gasteiger partial charge in [0.15, 0.2) is 5.78 Å². The standard InChI is InChI=1S/C27H22N2OS/c30-24-16-20(25-10-5-13-31-25)15-23-26(24)27(29-22-9-4-3-8-21(22)28-23)19-12-11-17-6-1-2-7-18(17)14-19/h1-14,20,27-29H,15-16H2/t20-,27-/m1/s1. The van der Waals surface area contributed by atoms with E-state index < -0.39 is 0 Å². The van der Waals surface area contributed by atoms with Crippen LogP contribution in [0.3, 0.4) is 0 Å². The van der Waals surface area contributed by atoms with Crippen molar-refractivity contribution >= 4 is 39.3 Å². The molecule has 0 radical (unpaired) electrons. The first-order valence-corrected chi connectivity index (χ1v) is 11.5. The summed E-state index contributed by atoms with van der Waals surface area (Å²) in [6, 6.07) is 27.2. The average Bonchev–Trinajstić information content (AvgIpc) is 3.28. The number of thiophene rings is 1. The molecule has 31 heavy (non-hydrogen) atoms. The first-order valence-electron chi connectivity index (χ1n) is 10.7. The Morgan fingerprint density at radius 2 is 1.61 bits per heavy atom. The van der Waals surface area contributed by atoms with Gasteiger partial charge in [0, 0.05) is 28.5 Å². The lowest BCUT2D eigenvalue weighted by atomic mass is 9.80. The number of Topliss-reactive ketones (excluding diaryl/α,β-unsaturated/α-hetero) is 1. The van der Waals surface area contributed by atoms with Crippen molar-refractivity contribution < 1.29 is 4.79 Å². The highest BCUT2D eigenvalue weighted by Crippen LogP contribution is 2.45. The molecule has 1 aliphatic carbocycles. The number of fused-ring (bicyclic) bond motifs is 2. The van der Waals surface area contributed by atoms with Gasteiger partial charge in [0.1, 0.15) is 0 Å². The van der Waals surface area contributed by atoms with Gasteiger partial charge in [0.2, 0.25) is 0 Å². The molecule has 1 aromatic heterocycles. The van der Waals surface area contributed by atoms with Crippen molar-refractivity contribution in [2.45, 2.75) is 24.8 Å². The van der Waals surface area contributed by atoms with Crippen molar-refractivity contribution in [3.05, 3.63) is 106 Å². The summed E-state index contributed by atoms with van der Waals surface area (Å²) in [5.74, 6) is 0.465. The fourth-order valence-corrected chi connectivity index (χ4v) is 5.68. The van der Waals surface area contributed by atoms with Crippen LogP contribution < -0.4 is 10.6 Å². The van der Waals surface area contributed by atoms with Crippen LogP contribution in [0, 0.1) is 0 Å². The Morgan fingerprint density at radius 3 is 2.45 bits per heavy atom. The molecule has 3 nitrogen and oxygen atoms in total. The van der Waals surface area contributed by atoms with Gasteiger partial charge in [-0.1, -0.05) is 54.6 Å². The second-order valence-corrected chi connectivity index (χ2v) is 9.27. The first-order chi connectivity index (χ1) is 15.3. The number of carbonyl (C=O) groups excluding carboxylic acids is 1. The van der Waals surface area contributed by atoms with Crippen LogP contribution in [-0.2, 0) is 4.79 Å². The highest BCUT2D eigenvalue weighted by atomic mass is 32.1. The number of anilines is 2. The van der Waals surface area contributed by atoms with Crippen LogP contribution in [0.25, 0.3) is 10.8 Å². The minimum absolute atomic E-state index is 0.174. The molecule has 0 fully saturated rings. The number of ketones is 1. The zero-order chi connectivity index (χ0) is 20.8. The van der Waals surface area contributed by atoms with E-state index in [0.29, 0.717) is 6.42 Å². The molecular weight excluding hydrogens is 400 g/mol. The molecule has 0 amide bonds. The van der Waals surface area contributed by atoms with Gasteiger partial charge in [0.05, 0.1) is 17.4 Å². The summed E-state index contributed by atoms with van der Waals surface area (Å²) in [5, 5.41) is 11.8. The molecule has 4 heteroatoms. The highest BCUT2D eigenvalue weighted by molar-refractivity contribution is 7.10. The molecule has 4 aromatic rings. The summed E-state index contributed by atoms with van der Waals surface area (Å²) in [6.07, 6.45) is 1.41. The zero-order valence-corrected chi connectivity index (χ0v) is 17.8. The molecular formula is C27H22N2OS. The number of para-hydroxylation sites is 2. The van der Waals surface area contributed by atoms with Crippen LogP contribution in [-0.4, -0.2) is 5.78 Å². The number of nitrogens with one attached hydrogen (secondary N) is 2. The minimum atomic E-state index is -0.174. The second kappa shape index (κ2) is 7.40. The molecule has 0 bridgehead atoms. The summed E-state index contributed by atoms with van der Waals surface area (Å²) in [6.45, 7) is 0. The van der Waals surface area contributed by atoms with Crippen molar-refractivity contribution in [2.75, 3.05) is 10.6 Å². The van der Waals surface area contributed by atoms with Gasteiger partial charge in [0.25, 0.3) is 0 Å². The van der Waals surface area contributed by atoms with Crippen molar-refractivity contribution in [3.8, 4) is 0 Å². The Bertz CT molecular complexity index is 1320. The van der Waals surface area contributed by atoms with Crippen LogP contribution in [0.1, 0.15) is 35.2 Å². The maximum atomic E-state index is 13.6. The van der Waals surface area contributed by atoms with Crippen LogP contribution >= 0.6 is 11.3 Å². The SMILES string of the molecule is O=C1C[C@H](c2cccs2)CC2=C1[C@@H](c1ccc3ccccc3c1)Nc1ccccc1N2. The van der Waals surface area contributed by atoms with Gasteiger partial charge >= 0.3 is 0 Å². The quantitative estimate of drug-likeness (QED) is 0.370. The third kappa shape index (κ3) is 3.24. The molecule has 0 saturated heterocycles. The number of rotatable bonds is 2. The lowest BCUT2D eigenvalue weighted by molar-refractivity contribution is -0.116. The fraction of sp³-hybridized carbons (Fsp3) is 0.148. The molecule has 2 aliphatic rings. The van der Waals surface area contributed by atoms with Gasteiger partial charge in [-0.05, 0) is 52.4 Å². The molecule has 2 atom stereocenters. The molecule has 0 spiro atoms. The monoisotopic (exact) mass is 422 g/mol. The molecule has 1 aliphatic heterocycles. The lowest BCUT2D eigenvalue weighted by Gasteiger charge is -2.29. The van der Waals surface area contributed by atoms with Gasteiger partial charge in [-0.25, -0.2) is 0 Å². The first kappa shape index (κ1) is 18.4. The number of carbonyl (C=O) groups is 1. The van der Waals surface area contributed by atoms with Crippen LogP contribution in [0.2, 0.25) is 0 Å². The molecule has 2 N–H and O–H groups in total. The lowest BCUT2D eigenvalue weighted by Crippen LogP contribution is -2.26. The predicted molar refractivity (Wildman–Crippen MR) is 129 cm³/mol. The van der Waals surface area contributed by atoms with Crippen LogP contribution in [0.5, 0.6) is 0 Å². The van der Waals surface area contributed by atoms with Gasteiger partial charge < -0.3 is 10.6 Å². The average molecular weight is 423 g/mol. The topological polar surface area (TPSA) is 41.1 Å². The van der Waals surface area contributed by atoms with E-state index in [1.807, 2.05) is 12.1 Å². The summed E-state index contributed by atoms with van der Waals surface area (Å²) < 4.78 is 0. The van der Waals surface area contributed by atoms with Crippen molar-refractivity contribution in [2.24, 2.45) is 0 Å². The summed E-state index contributed by atoms with van der Waals surface area (Å²) in [7, 11) is 0. The molecule has 152 valence electrons. The van der Waals surface area contributed by atoms with E-state index in [9.17, 15) is 4.79 Å². The minimum Gasteiger partial charge on any atom is -0.372 e. The predicted octanol–water partition coefficient (Wildman–Crippen LogP) is 6.88. The van der Waals surface area contributed by atoms with E-state index in [4.69, 9.17) is 0 Å². The van der Waals surface area contributed by atoms with E-state index in [2.05, 4.69) is 82.7 Å². The Morgan fingerprint density at radius 1 is 0.806 bits per heavy atom. The number of hydrogen-bond acceptors (Lipinski definition) is 4. The largest absolute Gasteiger partial charge is 0.372 e. The number of benzene rings is 3. The van der Waals surface area contributed by atoms with E-state index in [1.54, 1.807) is 11.3 Å². The maximum Gasteiger partial charge on any atom is 0.163 e. The smallest absolute Gasteiger partial charge is 0.163 e. The maximum absolute atomic E-state index is 13.6. The Kier molecular flexibility index (Phi) is 4.39. The molecule has 6 rings (SSSR count). The van der Waals surface area contributed by atoms with E-state index >= 15 is 0 Å². The second-order valence-electron chi connectivity index (χ2n) is 8.29. The van der Waals surface area contributed by atoms with Crippen molar-refractivity contribution in [1.82, 2.24) is 0 Å². The summed E-state index contributed by atoms with van der Waals surface area (Å²) >= 11 is 1.74. The molecule has 3 aromatic carbocycles. The Hall–Kier alpha value is -3.37. The van der Waals surface area contributed by atoms with Crippen molar-refractivity contribution in [1.29, 1.82) is 0 Å². The number of allylic oxidation sites excluding steroid dienone is 1. The zero-order valence-electron chi connectivity index (χ0n) is 17.0. The third-order valence-corrected chi connectivity index (χ3v) is 7.40. The summed E-state index contributed by atoms with van der Waals surface area (Å²) in [5.41, 5.74) is 5.09. The molecule has 0 saturated carbocycles.